The summed E-state index contributed by atoms with van der Waals surface area (Å²) in [5.41, 5.74) is 0.258. The molecule has 1 unspecified atom stereocenters. The number of carbonyl (C=O) groups excluding carboxylic acids is 2. The van der Waals surface area contributed by atoms with Gasteiger partial charge in [-0.2, -0.15) is 0 Å². The number of ether oxygens (including phenoxy) is 2. The minimum Gasteiger partial charge on any atom is -0.466 e. The third-order valence-electron chi connectivity index (χ3n) is 5.26. The first kappa shape index (κ1) is 28.9. The zero-order chi connectivity index (χ0) is 22.7. The predicted octanol–water partition coefficient (Wildman–Crippen LogP) is 7.63. The molecule has 0 fully saturated rings. The maximum absolute atomic E-state index is 11.8. The average molecular weight is 427 g/mol. The maximum atomic E-state index is 11.8. The van der Waals surface area contributed by atoms with E-state index in [9.17, 15) is 9.59 Å². The molecule has 178 valence electrons. The largest absolute Gasteiger partial charge is 0.466 e. The van der Waals surface area contributed by atoms with Crippen molar-refractivity contribution in [1.82, 2.24) is 0 Å². The highest BCUT2D eigenvalue weighted by Crippen LogP contribution is 2.24. The summed E-state index contributed by atoms with van der Waals surface area (Å²) in [6, 6.07) is 0. The van der Waals surface area contributed by atoms with Crippen LogP contribution in [0.25, 0.3) is 0 Å². The molecule has 0 heterocycles. The maximum Gasteiger partial charge on any atom is 0.305 e. The lowest BCUT2D eigenvalue weighted by molar-refractivity contribution is -0.145. The molecule has 0 N–H and O–H groups in total. The summed E-state index contributed by atoms with van der Waals surface area (Å²) in [7, 11) is 0. The normalized spacial score (nSPS) is 12.6. The lowest BCUT2D eigenvalue weighted by Crippen LogP contribution is -2.17. The van der Waals surface area contributed by atoms with E-state index >= 15 is 0 Å². The average Bonchev–Trinajstić information content (AvgIpc) is 2.66. The van der Waals surface area contributed by atoms with Crippen molar-refractivity contribution in [1.29, 1.82) is 0 Å². The fourth-order valence-corrected chi connectivity index (χ4v) is 3.80. The summed E-state index contributed by atoms with van der Waals surface area (Å²) in [5.74, 6) is 0.159. The van der Waals surface area contributed by atoms with Crippen LogP contribution in [-0.4, -0.2) is 25.2 Å². The number of rotatable bonds is 19. The van der Waals surface area contributed by atoms with Crippen LogP contribution in [0.1, 0.15) is 131 Å². The molecule has 0 aromatic carbocycles. The Morgan fingerprint density at radius 1 is 0.700 bits per heavy atom. The second kappa shape index (κ2) is 18.7. The van der Waals surface area contributed by atoms with Crippen LogP contribution in [0.5, 0.6) is 0 Å². The van der Waals surface area contributed by atoms with Gasteiger partial charge < -0.3 is 9.47 Å². The van der Waals surface area contributed by atoms with Gasteiger partial charge in [0.1, 0.15) is 0 Å². The standard InChI is InChI=1S/C26H50O4/c1-6-7-8-9-10-11-12-13-17-20-29-24(27)18-15-14-16-19-25(28)30-22-23(2)21-26(3,4)5/h23H,6-22H2,1-5H3. The molecule has 4 nitrogen and oxygen atoms in total. The monoisotopic (exact) mass is 426 g/mol. The molecule has 0 aromatic heterocycles. The summed E-state index contributed by atoms with van der Waals surface area (Å²) < 4.78 is 10.7. The van der Waals surface area contributed by atoms with Crippen molar-refractivity contribution in [2.24, 2.45) is 11.3 Å². The van der Waals surface area contributed by atoms with Crippen LogP contribution in [-0.2, 0) is 19.1 Å². The smallest absolute Gasteiger partial charge is 0.305 e. The molecule has 0 aliphatic heterocycles. The highest BCUT2D eigenvalue weighted by molar-refractivity contribution is 5.69. The van der Waals surface area contributed by atoms with Crippen LogP contribution >= 0.6 is 0 Å². The van der Waals surface area contributed by atoms with Crippen molar-refractivity contribution >= 4 is 11.9 Å². The third kappa shape index (κ3) is 21.6. The fraction of sp³-hybridized carbons (Fsp3) is 0.923. The van der Waals surface area contributed by atoms with Gasteiger partial charge in [-0.1, -0.05) is 92.4 Å². The molecule has 0 amide bonds. The van der Waals surface area contributed by atoms with Gasteiger partial charge in [-0.05, 0) is 37.0 Å². The Balaban J connectivity index is 3.43. The zero-order valence-corrected chi connectivity index (χ0v) is 20.7. The lowest BCUT2D eigenvalue weighted by Gasteiger charge is -2.22. The van der Waals surface area contributed by atoms with E-state index in [-0.39, 0.29) is 17.4 Å². The molecule has 0 aliphatic rings. The van der Waals surface area contributed by atoms with E-state index in [4.69, 9.17) is 9.47 Å². The minimum absolute atomic E-state index is 0.104. The van der Waals surface area contributed by atoms with Gasteiger partial charge in [0.05, 0.1) is 13.2 Å². The molecule has 0 saturated heterocycles. The van der Waals surface area contributed by atoms with Crippen LogP contribution in [0.15, 0.2) is 0 Å². The molecule has 0 saturated carbocycles. The number of unbranched alkanes of at least 4 members (excludes halogenated alkanes) is 10. The van der Waals surface area contributed by atoms with E-state index < -0.39 is 0 Å². The number of esters is 2. The van der Waals surface area contributed by atoms with Gasteiger partial charge in [-0.25, -0.2) is 0 Å². The Kier molecular flexibility index (Phi) is 18.0. The van der Waals surface area contributed by atoms with Crippen molar-refractivity contribution in [3.63, 3.8) is 0 Å². The first-order valence-corrected chi connectivity index (χ1v) is 12.6. The predicted molar refractivity (Wildman–Crippen MR) is 125 cm³/mol. The summed E-state index contributed by atoms with van der Waals surface area (Å²) in [4.78, 5) is 23.6. The summed E-state index contributed by atoms with van der Waals surface area (Å²) in [6.07, 6.45) is 15.7. The molecule has 0 radical (unpaired) electrons. The quantitative estimate of drug-likeness (QED) is 0.157. The second-order valence-electron chi connectivity index (χ2n) is 10.2. The van der Waals surface area contributed by atoms with Crippen LogP contribution in [0.4, 0.5) is 0 Å². The van der Waals surface area contributed by atoms with E-state index in [0.717, 1.165) is 38.5 Å². The highest BCUT2D eigenvalue weighted by atomic mass is 16.5. The van der Waals surface area contributed by atoms with Crippen molar-refractivity contribution in [2.75, 3.05) is 13.2 Å². The topological polar surface area (TPSA) is 52.6 Å². The number of hydrogen-bond donors (Lipinski definition) is 0. The van der Waals surface area contributed by atoms with Crippen molar-refractivity contribution in [2.45, 2.75) is 131 Å². The SMILES string of the molecule is CCCCCCCCCCCOC(=O)CCCCCC(=O)OCC(C)CC(C)(C)C. The molecular weight excluding hydrogens is 376 g/mol. The van der Waals surface area contributed by atoms with E-state index in [1.807, 2.05) is 0 Å². The number of carbonyl (C=O) groups is 2. The van der Waals surface area contributed by atoms with Gasteiger partial charge in [0.15, 0.2) is 0 Å². The van der Waals surface area contributed by atoms with Gasteiger partial charge >= 0.3 is 11.9 Å². The Hall–Kier alpha value is -1.06. The summed E-state index contributed by atoms with van der Waals surface area (Å²) in [5, 5.41) is 0. The van der Waals surface area contributed by atoms with Gasteiger partial charge in [0, 0.05) is 12.8 Å². The molecular formula is C26H50O4. The van der Waals surface area contributed by atoms with Crippen molar-refractivity contribution in [3.05, 3.63) is 0 Å². The van der Waals surface area contributed by atoms with Gasteiger partial charge in [0.2, 0.25) is 0 Å². The van der Waals surface area contributed by atoms with E-state index in [2.05, 4.69) is 34.6 Å². The van der Waals surface area contributed by atoms with Gasteiger partial charge in [-0.15, -0.1) is 0 Å². The second-order valence-corrected chi connectivity index (χ2v) is 10.2. The highest BCUT2D eigenvalue weighted by Gasteiger charge is 2.16. The molecule has 0 spiro atoms. The van der Waals surface area contributed by atoms with Gasteiger partial charge in [0.25, 0.3) is 0 Å². The molecule has 4 heteroatoms. The minimum atomic E-state index is -0.122. The molecule has 0 aromatic rings. The molecule has 0 bridgehead atoms. The third-order valence-corrected chi connectivity index (χ3v) is 5.26. The van der Waals surface area contributed by atoms with Crippen LogP contribution in [0.3, 0.4) is 0 Å². The Labute approximate surface area is 186 Å². The Morgan fingerprint density at radius 3 is 1.70 bits per heavy atom. The number of hydrogen-bond acceptors (Lipinski definition) is 4. The first-order valence-electron chi connectivity index (χ1n) is 12.6. The van der Waals surface area contributed by atoms with Crippen LogP contribution < -0.4 is 0 Å². The summed E-state index contributed by atoms with van der Waals surface area (Å²) >= 11 is 0. The van der Waals surface area contributed by atoms with Crippen molar-refractivity contribution in [3.8, 4) is 0 Å². The molecule has 0 aliphatic carbocycles. The molecule has 0 rings (SSSR count). The van der Waals surface area contributed by atoms with Crippen LogP contribution in [0.2, 0.25) is 0 Å². The Morgan fingerprint density at radius 2 is 1.17 bits per heavy atom. The van der Waals surface area contributed by atoms with E-state index in [0.29, 0.717) is 32.0 Å². The van der Waals surface area contributed by atoms with Crippen LogP contribution in [0, 0.1) is 11.3 Å². The Bertz CT molecular complexity index is 425. The van der Waals surface area contributed by atoms with E-state index in [1.165, 1.54) is 44.9 Å². The molecule has 1 atom stereocenters. The van der Waals surface area contributed by atoms with E-state index in [1.54, 1.807) is 0 Å². The summed E-state index contributed by atoms with van der Waals surface area (Å²) in [6.45, 7) is 12.0. The zero-order valence-electron chi connectivity index (χ0n) is 20.7. The van der Waals surface area contributed by atoms with Crippen molar-refractivity contribution < 1.29 is 19.1 Å². The first-order chi connectivity index (χ1) is 14.2. The fourth-order valence-electron chi connectivity index (χ4n) is 3.80. The lowest BCUT2D eigenvalue weighted by atomic mass is 9.86. The molecule has 30 heavy (non-hydrogen) atoms. The van der Waals surface area contributed by atoms with Gasteiger partial charge in [-0.3, -0.25) is 9.59 Å².